The van der Waals surface area contributed by atoms with Crippen molar-refractivity contribution in [3.63, 3.8) is 0 Å². The number of carbonyl (C=O) groups excluding carboxylic acids is 1. The van der Waals surface area contributed by atoms with Gasteiger partial charge in [-0.15, -0.1) is 0 Å². The van der Waals surface area contributed by atoms with Crippen LogP contribution in [0.1, 0.15) is 17.0 Å². The molecule has 0 saturated carbocycles. The number of likely N-dealkylation sites (N-methyl/N-ethyl adjacent to an activating group) is 1. The van der Waals surface area contributed by atoms with E-state index in [1.807, 2.05) is 32.0 Å². The number of carbonyl (C=O) groups is 1. The highest BCUT2D eigenvalue weighted by Gasteiger charge is 2.11. The molecule has 0 atom stereocenters. The van der Waals surface area contributed by atoms with Crippen LogP contribution in [0.15, 0.2) is 24.5 Å². The van der Waals surface area contributed by atoms with Crippen LogP contribution in [0, 0.1) is 13.8 Å². The van der Waals surface area contributed by atoms with E-state index in [0.717, 1.165) is 5.56 Å². The quantitative estimate of drug-likeness (QED) is 0.896. The van der Waals surface area contributed by atoms with E-state index in [-0.39, 0.29) is 12.5 Å². The number of amides is 1. The van der Waals surface area contributed by atoms with Crippen molar-refractivity contribution in [2.45, 2.75) is 20.4 Å². The van der Waals surface area contributed by atoms with Gasteiger partial charge in [0, 0.05) is 7.05 Å². The van der Waals surface area contributed by atoms with E-state index >= 15 is 0 Å². The van der Waals surface area contributed by atoms with Gasteiger partial charge in [-0.3, -0.25) is 9.89 Å². The van der Waals surface area contributed by atoms with Gasteiger partial charge >= 0.3 is 0 Å². The van der Waals surface area contributed by atoms with Gasteiger partial charge in [0.05, 0.1) is 6.54 Å². The van der Waals surface area contributed by atoms with Gasteiger partial charge in [0.1, 0.15) is 17.9 Å². The molecule has 1 heterocycles. The number of hydrogen-bond donors (Lipinski definition) is 1. The number of aryl methyl sites for hydroxylation is 2. The van der Waals surface area contributed by atoms with Crippen molar-refractivity contribution in [1.29, 1.82) is 0 Å². The third-order valence-corrected chi connectivity index (χ3v) is 3.12. The number of aromatic amines is 1. The Bertz CT molecular complexity index is 581. The normalized spacial score (nSPS) is 10.3. The summed E-state index contributed by atoms with van der Waals surface area (Å²) in [6, 6.07) is 5.78. The van der Waals surface area contributed by atoms with Crippen LogP contribution in [0.3, 0.4) is 0 Å². The van der Waals surface area contributed by atoms with Crippen LogP contribution in [-0.2, 0) is 11.3 Å². The maximum absolute atomic E-state index is 11.9. The molecule has 1 aromatic carbocycles. The molecule has 106 valence electrons. The number of hydrogen-bond acceptors (Lipinski definition) is 4. The van der Waals surface area contributed by atoms with Crippen molar-refractivity contribution >= 4 is 5.91 Å². The third kappa shape index (κ3) is 3.57. The van der Waals surface area contributed by atoms with E-state index in [9.17, 15) is 4.79 Å². The van der Waals surface area contributed by atoms with Crippen molar-refractivity contribution in [2.75, 3.05) is 13.7 Å². The second-order valence-electron chi connectivity index (χ2n) is 4.72. The highest BCUT2D eigenvalue weighted by atomic mass is 16.5. The number of aromatic nitrogens is 3. The Hall–Kier alpha value is -2.37. The molecule has 0 spiro atoms. The first-order chi connectivity index (χ1) is 9.56. The molecule has 2 rings (SSSR count). The average molecular weight is 274 g/mol. The molecule has 0 fully saturated rings. The summed E-state index contributed by atoms with van der Waals surface area (Å²) in [7, 11) is 1.70. The Kier molecular flexibility index (Phi) is 4.34. The molecule has 0 unspecified atom stereocenters. The van der Waals surface area contributed by atoms with Crippen LogP contribution < -0.4 is 4.74 Å². The Morgan fingerprint density at radius 3 is 2.80 bits per heavy atom. The smallest absolute Gasteiger partial charge is 0.260 e. The second kappa shape index (κ2) is 6.18. The zero-order chi connectivity index (χ0) is 14.5. The van der Waals surface area contributed by atoms with Crippen molar-refractivity contribution in [3.05, 3.63) is 41.5 Å². The van der Waals surface area contributed by atoms with Crippen LogP contribution in [0.25, 0.3) is 0 Å². The Morgan fingerprint density at radius 2 is 2.15 bits per heavy atom. The van der Waals surface area contributed by atoms with Gasteiger partial charge in [-0.25, -0.2) is 4.98 Å². The lowest BCUT2D eigenvalue weighted by molar-refractivity contribution is -0.132. The molecule has 1 N–H and O–H groups in total. The van der Waals surface area contributed by atoms with Crippen LogP contribution in [-0.4, -0.2) is 39.6 Å². The fourth-order valence-corrected chi connectivity index (χ4v) is 1.68. The molecule has 6 heteroatoms. The van der Waals surface area contributed by atoms with Crippen molar-refractivity contribution < 1.29 is 9.53 Å². The summed E-state index contributed by atoms with van der Waals surface area (Å²) in [6.07, 6.45) is 1.42. The largest absolute Gasteiger partial charge is 0.484 e. The molecule has 0 bridgehead atoms. The first kappa shape index (κ1) is 14.0. The van der Waals surface area contributed by atoms with E-state index in [1.165, 1.54) is 11.9 Å². The molecule has 0 saturated heterocycles. The molecule has 6 nitrogen and oxygen atoms in total. The number of nitrogens with zero attached hydrogens (tertiary/aromatic N) is 3. The van der Waals surface area contributed by atoms with E-state index in [0.29, 0.717) is 18.1 Å². The lowest BCUT2D eigenvalue weighted by Gasteiger charge is -2.16. The summed E-state index contributed by atoms with van der Waals surface area (Å²) in [4.78, 5) is 17.5. The maximum Gasteiger partial charge on any atom is 0.260 e. The number of nitrogens with one attached hydrogen (secondary N) is 1. The predicted molar refractivity (Wildman–Crippen MR) is 74.3 cm³/mol. The van der Waals surface area contributed by atoms with Gasteiger partial charge in [0.15, 0.2) is 6.61 Å². The summed E-state index contributed by atoms with van der Waals surface area (Å²) in [5.74, 6) is 1.24. The maximum atomic E-state index is 11.9. The summed E-state index contributed by atoms with van der Waals surface area (Å²) >= 11 is 0. The monoisotopic (exact) mass is 274 g/mol. The van der Waals surface area contributed by atoms with E-state index < -0.39 is 0 Å². The van der Waals surface area contributed by atoms with Gasteiger partial charge in [0.25, 0.3) is 5.91 Å². The van der Waals surface area contributed by atoms with Gasteiger partial charge in [-0.05, 0) is 37.1 Å². The third-order valence-electron chi connectivity index (χ3n) is 3.12. The summed E-state index contributed by atoms with van der Waals surface area (Å²) in [5, 5.41) is 6.46. The number of rotatable bonds is 5. The Morgan fingerprint density at radius 1 is 1.35 bits per heavy atom. The van der Waals surface area contributed by atoms with E-state index in [4.69, 9.17) is 4.74 Å². The number of H-pyrrole nitrogens is 1. The molecule has 0 aliphatic rings. The molecule has 0 radical (unpaired) electrons. The van der Waals surface area contributed by atoms with Gasteiger partial charge < -0.3 is 9.64 Å². The Balaban J connectivity index is 1.86. The highest BCUT2D eigenvalue weighted by Crippen LogP contribution is 2.16. The van der Waals surface area contributed by atoms with Gasteiger partial charge in [-0.1, -0.05) is 6.07 Å². The van der Waals surface area contributed by atoms with Crippen molar-refractivity contribution in [2.24, 2.45) is 0 Å². The van der Waals surface area contributed by atoms with Crippen LogP contribution in [0.2, 0.25) is 0 Å². The lowest BCUT2D eigenvalue weighted by Crippen LogP contribution is -2.31. The first-order valence-corrected chi connectivity index (χ1v) is 6.34. The fourth-order valence-electron chi connectivity index (χ4n) is 1.68. The molecular formula is C14H18N4O2. The lowest BCUT2D eigenvalue weighted by atomic mass is 10.1. The van der Waals surface area contributed by atoms with Gasteiger partial charge in [0.2, 0.25) is 0 Å². The average Bonchev–Trinajstić information content (AvgIpc) is 2.92. The molecule has 0 aliphatic heterocycles. The minimum absolute atomic E-state index is 0.00708. The molecule has 0 aliphatic carbocycles. The molecule has 1 aromatic heterocycles. The molecule has 20 heavy (non-hydrogen) atoms. The first-order valence-electron chi connectivity index (χ1n) is 6.34. The molecular weight excluding hydrogens is 256 g/mol. The molecule has 2 aromatic rings. The van der Waals surface area contributed by atoms with Crippen molar-refractivity contribution in [3.8, 4) is 5.75 Å². The topological polar surface area (TPSA) is 71.1 Å². The minimum Gasteiger partial charge on any atom is -0.484 e. The second-order valence-corrected chi connectivity index (χ2v) is 4.72. The summed E-state index contributed by atoms with van der Waals surface area (Å²) in [6.45, 7) is 4.44. The van der Waals surface area contributed by atoms with Crippen LogP contribution in [0.5, 0.6) is 5.75 Å². The zero-order valence-electron chi connectivity index (χ0n) is 11.9. The molecule has 1 amide bonds. The van der Waals surface area contributed by atoms with Crippen molar-refractivity contribution in [1.82, 2.24) is 20.1 Å². The zero-order valence-corrected chi connectivity index (χ0v) is 11.9. The SMILES string of the molecule is Cc1ccc(OCC(=O)N(C)Cc2ncn[nH]2)cc1C. The standard InChI is InChI=1S/C14H18N4O2/c1-10-4-5-12(6-11(10)2)20-8-14(19)18(3)7-13-15-9-16-17-13/h4-6,9H,7-8H2,1-3H3,(H,15,16,17). The number of benzene rings is 1. The van der Waals surface area contributed by atoms with Crippen LogP contribution >= 0.6 is 0 Å². The van der Waals surface area contributed by atoms with E-state index in [1.54, 1.807) is 11.9 Å². The van der Waals surface area contributed by atoms with Crippen LogP contribution in [0.4, 0.5) is 0 Å². The van der Waals surface area contributed by atoms with E-state index in [2.05, 4.69) is 15.2 Å². The summed E-state index contributed by atoms with van der Waals surface area (Å²) in [5.41, 5.74) is 2.34. The highest BCUT2D eigenvalue weighted by molar-refractivity contribution is 5.77. The predicted octanol–water partition coefficient (Wildman–Crippen LogP) is 1.46. The van der Waals surface area contributed by atoms with Gasteiger partial charge in [-0.2, -0.15) is 5.10 Å². The fraction of sp³-hybridized carbons (Fsp3) is 0.357. The number of ether oxygens (including phenoxy) is 1. The summed E-state index contributed by atoms with van der Waals surface area (Å²) < 4.78 is 5.51. The minimum atomic E-state index is -0.111. The Labute approximate surface area is 117 Å².